The van der Waals surface area contributed by atoms with E-state index in [1.54, 1.807) is 11.8 Å². The zero-order valence-corrected chi connectivity index (χ0v) is 12.3. The average Bonchev–Trinajstić information content (AvgIpc) is 2.39. The molecular formula is C14H12Cl2FNS. The van der Waals surface area contributed by atoms with Crippen LogP contribution in [0.3, 0.4) is 0 Å². The first kappa shape index (κ1) is 14.7. The molecule has 5 heteroatoms. The lowest BCUT2D eigenvalue weighted by molar-refractivity contribution is 0.623. The Bertz CT molecular complexity index is 577. The first-order valence-corrected chi connectivity index (χ1v) is 7.39. The van der Waals surface area contributed by atoms with Gasteiger partial charge in [-0.15, -0.1) is 11.8 Å². The predicted molar refractivity (Wildman–Crippen MR) is 80.5 cm³/mol. The van der Waals surface area contributed by atoms with Crippen LogP contribution in [0, 0.1) is 5.82 Å². The third kappa shape index (κ3) is 4.11. The summed E-state index contributed by atoms with van der Waals surface area (Å²) in [5, 5.41) is 1.17. The van der Waals surface area contributed by atoms with Crippen molar-refractivity contribution in [3.05, 3.63) is 63.9 Å². The fourth-order valence-electron chi connectivity index (χ4n) is 1.63. The number of halogens is 3. The fraction of sp³-hybridized carbons (Fsp3) is 0.143. The highest BCUT2D eigenvalue weighted by Gasteiger charge is 2.12. The second-order valence-electron chi connectivity index (χ2n) is 4.04. The minimum atomic E-state index is -0.331. The van der Waals surface area contributed by atoms with E-state index in [4.69, 9.17) is 28.9 Å². The molecule has 1 atom stereocenters. The highest BCUT2D eigenvalue weighted by Crippen LogP contribution is 2.29. The summed E-state index contributed by atoms with van der Waals surface area (Å²) in [6.07, 6.45) is 0. The summed E-state index contributed by atoms with van der Waals surface area (Å²) < 4.78 is 13.2. The smallest absolute Gasteiger partial charge is 0.123 e. The van der Waals surface area contributed by atoms with Crippen LogP contribution in [0.1, 0.15) is 11.6 Å². The Labute approximate surface area is 125 Å². The largest absolute Gasteiger partial charge is 0.323 e. The molecule has 0 aliphatic heterocycles. The molecule has 0 saturated heterocycles. The summed E-state index contributed by atoms with van der Waals surface area (Å²) in [6.45, 7) is 0. The number of rotatable bonds is 4. The normalized spacial score (nSPS) is 12.4. The summed E-state index contributed by atoms with van der Waals surface area (Å²) in [7, 11) is 0. The quantitative estimate of drug-likeness (QED) is 0.810. The lowest BCUT2D eigenvalue weighted by atomic mass is 10.1. The maximum atomic E-state index is 13.2. The highest BCUT2D eigenvalue weighted by molar-refractivity contribution is 7.99. The van der Waals surface area contributed by atoms with E-state index in [-0.39, 0.29) is 11.9 Å². The summed E-state index contributed by atoms with van der Waals surface area (Å²) in [5.74, 6) is 0.270. The second kappa shape index (κ2) is 6.62. The molecule has 1 nitrogen and oxygen atoms in total. The standard InChI is InChI=1S/C14H12Cl2FNS/c15-9-2-1-3-11(6-9)19-8-14(18)12-7-10(17)4-5-13(12)16/h1-7,14H,8,18H2. The van der Waals surface area contributed by atoms with Crippen molar-refractivity contribution in [1.82, 2.24) is 0 Å². The summed E-state index contributed by atoms with van der Waals surface area (Å²) in [5.41, 5.74) is 6.67. The lowest BCUT2D eigenvalue weighted by Gasteiger charge is -2.13. The van der Waals surface area contributed by atoms with Crippen molar-refractivity contribution in [2.24, 2.45) is 5.73 Å². The second-order valence-corrected chi connectivity index (χ2v) is 5.98. The van der Waals surface area contributed by atoms with Crippen LogP contribution in [0.2, 0.25) is 10.0 Å². The zero-order valence-electron chi connectivity index (χ0n) is 9.95. The first-order valence-electron chi connectivity index (χ1n) is 5.65. The molecule has 0 aliphatic carbocycles. The van der Waals surface area contributed by atoms with Gasteiger partial charge in [-0.2, -0.15) is 0 Å². The number of benzene rings is 2. The van der Waals surface area contributed by atoms with Gasteiger partial charge < -0.3 is 5.73 Å². The van der Waals surface area contributed by atoms with Crippen LogP contribution in [-0.4, -0.2) is 5.75 Å². The van der Waals surface area contributed by atoms with Crippen molar-refractivity contribution in [3.8, 4) is 0 Å². The van der Waals surface area contributed by atoms with Crippen LogP contribution in [0.25, 0.3) is 0 Å². The van der Waals surface area contributed by atoms with Crippen molar-refractivity contribution >= 4 is 35.0 Å². The molecule has 0 amide bonds. The molecule has 2 aromatic carbocycles. The minimum Gasteiger partial charge on any atom is -0.323 e. The average molecular weight is 316 g/mol. The molecule has 2 rings (SSSR count). The van der Waals surface area contributed by atoms with Gasteiger partial charge in [0.25, 0.3) is 0 Å². The molecule has 0 spiro atoms. The Morgan fingerprint density at radius 1 is 1.16 bits per heavy atom. The maximum Gasteiger partial charge on any atom is 0.123 e. The van der Waals surface area contributed by atoms with Crippen molar-refractivity contribution in [3.63, 3.8) is 0 Å². The van der Waals surface area contributed by atoms with Gasteiger partial charge >= 0.3 is 0 Å². The van der Waals surface area contributed by atoms with E-state index in [1.165, 1.54) is 18.2 Å². The topological polar surface area (TPSA) is 26.0 Å². The Morgan fingerprint density at radius 2 is 1.95 bits per heavy atom. The summed E-state index contributed by atoms with van der Waals surface area (Å²) in [6, 6.07) is 11.4. The van der Waals surface area contributed by atoms with Gasteiger partial charge in [0.05, 0.1) is 0 Å². The molecule has 100 valence electrons. The van der Waals surface area contributed by atoms with Gasteiger partial charge in [0, 0.05) is 26.7 Å². The Kier molecular flexibility index (Phi) is 5.11. The van der Waals surface area contributed by atoms with Gasteiger partial charge in [-0.05, 0) is 42.0 Å². The number of nitrogens with two attached hydrogens (primary N) is 1. The van der Waals surface area contributed by atoms with Crippen LogP contribution >= 0.6 is 35.0 Å². The third-order valence-corrected chi connectivity index (χ3v) is 4.28. The molecule has 0 bridgehead atoms. The third-order valence-electron chi connectivity index (χ3n) is 2.58. The van der Waals surface area contributed by atoms with Gasteiger partial charge in [0.1, 0.15) is 5.82 Å². The van der Waals surface area contributed by atoms with Crippen LogP contribution in [0.5, 0.6) is 0 Å². The number of hydrogen-bond acceptors (Lipinski definition) is 2. The van der Waals surface area contributed by atoms with E-state index in [0.29, 0.717) is 21.4 Å². The predicted octanol–water partition coefficient (Wildman–Crippen LogP) is 4.92. The molecule has 0 aromatic heterocycles. The number of hydrogen-bond donors (Lipinski definition) is 1. The van der Waals surface area contributed by atoms with Gasteiger partial charge in [-0.3, -0.25) is 0 Å². The molecule has 0 heterocycles. The summed E-state index contributed by atoms with van der Waals surface area (Å²) >= 11 is 13.5. The summed E-state index contributed by atoms with van der Waals surface area (Å²) in [4.78, 5) is 1.02. The molecule has 0 radical (unpaired) electrons. The van der Waals surface area contributed by atoms with Gasteiger partial charge in [0.15, 0.2) is 0 Å². The van der Waals surface area contributed by atoms with Crippen molar-refractivity contribution in [1.29, 1.82) is 0 Å². The minimum absolute atomic E-state index is 0.327. The fourth-order valence-corrected chi connectivity index (χ4v) is 3.08. The maximum absolute atomic E-state index is 13.2. The Hall–Kier alpha value is -0.740. The zero-order chi connectivity index (χ0) is 13.8. The Balaban J connectivity index is 2.05. The lowest BCUT2D eigenvalue weighted by Crippen LogP contribution is -2.13. The van der Waals surface area contributed by atoms with Crippen molar-refractivity contribution in [2.75, 3.05) is 5.75 Å². The van der Waals surface area contributed by atoms with E-state index in [9.17, 15) is 4.39 Å². The van der Waals surface area contributed by atoms with Gasteiger partial charge in [-0.25, -0.2) is 4.39 Å². The first-order chi connectivity index (χ1) is 9.06. The molecule has 19 heavy (non-hydrogen) atoms. The monoisotopic (exact) mass is 315 g/mol. The molecule has 0 saturated carbocycles. The highest BCUT2D eigenvalue weighted by atomic mass is 35.5. The SMILES string of the molecule is NC(CSc1cccc(Cl)c1)c1cc(F)ccc1Cl. The van der Waals surface area contributed by atoms with E-state index >= 15 is 0 Å². The molecular weight excluding hydrogens is 304 g/mol. The van der Waals surface area contributed by atoms with Crippen LogP contribution < -0.4 is 5.73 Å². The van der Waals surface area contributed by atoms with Gasteiger partial charge in [0.2, 0.25) is 0 Å². The van der Waals surface area contributed by atoms with Crippen LogP contribution in [0.15, 0.2) is 47.4 Å². The van der Waals surface area contributed by atoms with Gasteiger partial charge in [-0.1, -0.05) is 29.3 Å². The molecule has 2 N–H and O–H groups in total. The molecule has 2 aromatic rings. The van der Waals surface area contributed by atoms with E-state index < -0.39 is 0 Å². The van der Waals surface area contributed by atoms with Crippen molar-refractivity contribution < 1.29 is 4.39 Å². The molecule has 0 aliphatic rings. The number of thioether (sulfide) groups is 1. The van der Waals surface area contributed by atoms with E-state index in [0.717, 1.165) is 4.90 Å². The molecule has 1 unspecified atom stereocenters. The van der Waals surface area contributed by atoms with Crippen LogP contribution in [-0.2, 0) is 0 Å². The van der Waals surface area contributed by atoms with E-state index in [2.05, 4.69) is 0 Å². The van der Waals surface area contributed by atoms with E-state index in [1.807, 2.05) is 24.3 Å². The van der Waals surface area contributed by atoms with Crippen LogP contribution in [0.4, 0.5) is 4.39 Å². The Morgan fingerprint density at radius 3 is 2.68 bits per heavy atom. The van der Waals surface area contributed by atoms with Crippen molar-refractivity contribution in [2.45, 2.75) is 10.9 Å². The molecule has 0 fully saturated rings.